The van der Waals surface area contributed by atoms with E-state index in [0.29, 0.717) is 38.5 Å². The Balaban J connectivity index is 2.23. The molecule has 0 aliphatic carbocycles. The molecule has 1 aromatic rings. The first-order chi connectivity index (χ1) is 9.13. The van der Waals surface area contributed by atoms with Crippen LogP contribution >= 0.6 is 0 Å². The molecule has 1 aromatic carbocycles. The first-order valence-electron chi connectivity index (χ1n) is 6.45. The summed E-state index contributed by atoms with van der Waals surface area (Å²) in [7, 11) is 0. The van der Waals surface area contributed by atoms with Gasteiger partial charge in [-0.2, -0.15) is 0 Å². The SMILES string of the molecule is CCOCCOCCC(=O)Nc1ccc(N)cc1C. The molecule has 3 N–H and O–H groups in total. The molecule has 0 unspecified atom stereocenters. The van der Waals surface area contributed by atoms with Gasteiger partial charge >= 0.3 is 0 Å². The fourth-order valence-corrected chi connectivity index (χ4v) is 1.57. The Kier molecular flexibility index (Phi) is 6.92. The van der Waals surface area contributed by atoms with E-state index in [4.69, 9.17) is 15.2 Å². The van der Waals surface area contributed by atoms with Crippen LogP contribution in [0.4, 0.5) is 11.4 Å². The third kappa shape index (κ3) is 6.22. The van der Waals surface area contributed by atoms with Crippen molar-refractivity contribution in [2.75, 3.05) is 37.5 Å². The van der Waals surface area contributed by atoms with Gasteiger partial charge in [-0.3, -0.25) is 4.79 Å². The highest BCUT2D eigenvalue weighted by molar-refractivity contribution is 5.91. The van der Waals surface area contributed by atoms with Crippen molar-refractivity contribution in [3.63, 3.8) is 0 Å². The topological polar surface area (TPSA) is 73.6 Å². The number of carbonyl (C=O) groups excluding carboxylic acids is 1. The number of hydrogen-bond donors (Lipinski definition) is 2. The highest BCUT2D eigenvalue weighted by Gasteiger charge is 2.04. The number of carbonyl (C=O) groups is 1. The monoisotopic (exact) mass is 266 g/mol. The maximum atomic E-state index is 11.7. The normalized spacial score (nSPS) is 10.4. The number of anilines is 2. The van der Waals surface area contributed by atoms with Gasteiger partial charge in [0.15, 0.2) is 0 Å². The molecule has 5 nitrogen and oxygen atoms in total. The lowest BCUT2D eigenvalue weighted by Crippen LogP contribution is -2.16. The number of ether oxygens (including phenoxy) is 2. The zero-order valence-electron chi connectivity index (χ0n) is 11.6. The van der Waals surface area contributed by atoms with Crippen molar-refractivity contribution in [1.82, 2.24) is 0 Å². The quantitative estimate of drug-likeness (QED) is 0.557. The lowest BCUT2D eigenvalue weighted by atomic mass is 10.2. The van der Waals surface area contributed by atoms with Crippen LogP contribution in [0.3, 0.4) is 0 Å². The molecular formula is C14H22N2O3. The van der Waals surface area contributed by atoms with Crippen molar-refractivity contribution in [2.24, 2.45) is 0 Å². The Hall–Kier alpha value is -1.59. The molecule has 0 atom stereocenters. The number of aryl methyl sites for hydroxylation is 1. The molecule has 1 amide bonds. The number of nitrogens with one attached hydrogen (secondary N) is 1. The van der Waals surface area contributed by atoms with E-state index in [0.717, 1.165) is 11.3 Å². The van der Waals surface area contributed by atoms with Crippen LogP contribution in [0.15, 0.2) is 18.2 Å². The zero-order valence-corrected chi connectivity index (χ0v) is 11.6. The maximum absolute atomic E-state index is 11.7. The van der Waals surface area contributed by atoms with Crippen molar-refractivity contribution in [3.05, 3.63) is 23.8 Å². The van der Waals surface area contributed by atoms with Crippen LogP contribution < -0.4 is 11.1 Å². The second kappa shape index (κ2) is 8.50. The summed E-state index contributed by atoms with van der Waals surface area (Å²) >= 11 is 0. The molecule has 0 spiro atoms. The van der Waals surface area contributed by atoms with E-state index in [1.165, 1.54) is 0 Å². The van der Waals surface area contributed by atoms with Gasteiger partial charge in [0.1, 0.15) is 0 Å². The van der Waals surface area contributed by atoms with Crippen molar-refractivity contribution in [2.45, 2.75) is 20.3 Å². The number of amides is 1. The standard InChI is InChI=1S/C14H22N2O3/c1-3-18-8-9-19-7-6-14(17)16-13-5-4-12(15)10-11(13)2/h4-5,10H,3,6-9,15H2,1-2H3,(H,16,17). The van der Waals surface area contributed by atoms with Crippen LogP contribution in [0.1, 0.15) is 18.9 Å². The molecule has 0 aliphatic rings. The molecular weight excluding hydrogens is 244 g/mol. The Bertz CT molecular complexity index is 408. The van der Waals surface area contributed by atoms with Crippen LogP contribution in [0, 0.1) is 6.92 Å². The third-order valence-electron chi connectivity index (χ3n) is 2.57. The van der Waals surface area contributed by atoms with Crippen LogP contribution in [0.5, 0.6) is 0 Å². The Morgan fingerprint density at radius 3 is 2.68 bits per heavy atom. The van der Waals surface area contributed by atoms with Gasteiger partial charge in [0.05, 0.1) is 26.2 Å². The zero-order chi connectivity index (χ0) is 14.1. The molecule has 5 heteroatoms. The van der Waals surface area contributed by atoms with Crippen LogP contribution in [-0.2, 0) is 14.3 Å². The minimum atomic E-state index is -0.0655. The minimum Gasteiger partial charge on any atom is -0.399 e. The van der Waals surface area contributed by atoms with Gasteiger partial charge in [0, 0.05) is 18.0 Å². The van der Waals surface area contributed by atoms with Gasteiger partial charge in [-0.15, -0.1) is 0 Å². The molecule has 19 heavy (non-hydrogen) atoms. The molecule has 0 radical (unpaired) electrons. The van der Waals surface area contributed by atoms with Gasteiger partial charge in [0.2, 0.25) is 5.91 Å². The minimum absolute atomic E-state index is 0.0655. The Labute approximate surface area is 114 Å². The van der Waals surface area contributed by atoms with Crippen molar-refractivity contribution in [3.8, 4) is 0 Å². The third-order valence-corrected chi connectivity index (χ3v) is 2.57. The number of rotatable bonds is 8. The Morgan fingerprint density at radius 2 is 2.00 bits per heavy atom. The van der Waals surface area contributed by atoms with E-state index in [2.05, 4.69) is 5.32 Å². The van der Waals surface area contributed by atoms with Crippen LogP contribution in [-0.4, -0.2) is 32.3 Å². The predicted molar refractivity (Wildman–Crippen MR) is 76.2 cm³/mol. The summed E-state index contributed by atoms with van der Waals surface area (Å²) < 4.78 is 10.4. The summed E-state index contributed by atoms with van der Waals surface area (Å²) in [5.74, 6) is -0.0655. The van der Waals surface area contributed by atoms with E-state index in [-0.39, 0.29) is 5.91 Å². The molecule has 0 aliphatic heterocycles. The van der Waals surface area contributed by atoms with Crippen molar-refractivity contribution >= 4 is 17.3 Å². The first kappa shape index (κ1) is 15.5. The van der Waals surface area contributed by atoms with Crippen molar-refractivity contribution in [1.29, 1.82) is 0 Å². The lowest BCUT2D eigenvalue weighted by molar-refractivity contribution is -0.117. The Morgan fingerprint density at radius 1 is 1.26 bits per heavy atom. The fourth-order valence-electron chi connectivity index (χ4n) is 1.57. The maximum Gasteiger partial charge on any atom is 0.226 e. The predicted octanol–water partition coefficient (Wildman–Crippen LogP) is 1.96. The molecule has 0 saturated heterocycles. The number of benzene rings is 1. The van der Waals surface area contributed by atoms with Crippen LogP contribution in [0.25, 0.3) is 0 Å². The van der Waals surface area contributed by atoms with Gasteiger partial charge in [0.25, 0.3) is 0 Å². The molecule has 0 heterocycles. The van der Waals surface area contributed by atoms with E-state index in [1.807, 2.05) is 19.9 Å². The average Bonchev–Trinajstić information content (AvgIpc) is 2.37. The highest BCUT2D eigenvalue weighted by Crippen LogP contribution is 2.17. The van der Waals surface area contributed by atoms with Gasteiger partial charge in [-0.25, -0.2) is 0 Å². The first-order valence-corrected chi connectivity index (χ1v) is 6.45. The second-order valence-corrected chi connectivity index (χ2v) is 4.18. The summed E-state index contributed by atoms with van der Waals surface area (Å²) in [4.78, 5) is 11.7. The van der Waals surface area contributed by atoms with Crippen molar-refractivity contribution < 1.29 is 14.3 Å². The van der Waals surface area contributed by atoms with Gasteiger partial charge < -0.3 is 20.5 Å². The largest absolute Gasteiger partial charge is 0.399 e. The lowest BCUT2D eigenvalue weighted by Gasteiger charge is -2.09. The van der Waals surface area contributed by atoms with Gasteiger partial charge in [-0.05, 0) is 37.6 Å². The molecule has 106 valence electrons. The van der Waals surface area contributed by atoms with Gasteiger partial charge in [-0.1, -0.05) is 0 Å². The number of hydrogen-bond acceptors (Lipinski definition) is 4. The summed E-state index contributed by atoms with van der Waals surface area (Å²) in [5, 5.41) is 2.83. The summed E-state index contributed by atoms with van der Waals surface area (Å²) in [5.41, 5.74) is 8.08. The smallest absolute Gasteiger partial charge is 0.226 e. The molecule has 0 saturated carbocycles. The molecule has 0 aromatic heterocycles. The fraction of sp³-hybridized carbons (Fsp3) is 0.500. The molecule has 0 fully saturated rings. The van der Waals surface area contributed by atoms with E-state index in [1.54, 1.807) is 12.1 Å². The molecule has 1 rings (SSSR count). The van der Waals surface area contributed by atoms with E-state index in [9.17, 15) is 4.79 Å². The summed E-state index contributed by atoms with van der Waals surface area (Å²) in [6.07, 6.45) is 0.329. The molecule has 0 bridgehead atoms. The van der Waals surface area contributed by atoms with E-state index >= 15 is 0 Å². The summed E-state index contributed by atoms with van der Waals surface area (Å²) in [6.45, 7) is 6.00. The number of nitrogens with two attached hydrogens (primary N) is 1. The number of nitrogen functional groups attached to an aromatic ring is 1. The summed E-state index contributed by atoms with van der Waals surface area (Å²) in [6, 6.07) is 5.40. The van der Waals surface area contributed by atoms with E-state index < -0.39 is 0 Å². The van der Waals surface area contributed by atoms with Crippen LogP contribution in [0.2, 0.25) is 0 Å². The highest BCUT2D eigenvalue weighted by atomic mass is 16.5. The second-order valence-electron chi connectivity index (χ2n) is 4.18. The average molecular weight is 266 g/mol.